The third kappa shape index (κ3) is 4.82. The highest BCUT2D eigenvalue weighted by Gasteiger charge is 2.22. The molecule has 1 aromatic carbocycles. The number of carbonyl (C=O) groups excluding carboxylic acids is 1. The van der Waals surface area contributed by atoms with Crippen molar-refractivity contribution in [2.75, 3.05) is 10.6 Å². The number of carboxylic acid groups (broad SMARTS) is 1. The first-order valence-electron chi connectivity index (χ1n) is 9.64. The second kappa shape index (κ2) is 8.86. The maximum atomic E-state index is 14.6. The summed E-state index contributed by atoms with van der Waals surface area (Å²) >= 11 is 0. The molecule has 0 spiro atoms. The van der Waals surface area contributed by atoms with Crippen LogP contribution < -0.4 is 21.7 Å². The van der Waals surface area contributed by atoms with Gasteiger partial charge in [0.1, 0.15) is 5.82 Å². The average Bonchev–Trinajstić information content (AvgIpc) is 3.08. The predicted molar refractivity (Wildman–Crippen MR) is 115 cm³/mol. The second-order valence-electron chi connectivity index (χ2n) is 7.14. The Hall–Kier alpha value is -3.89. The number of aryl methyl sites for hydroxylation is 1. The molecule has 6 N–H and O–H groups in total. The minimum Gasteiger partial charge on any atom is -0.465 e. The first kappa shape index (κ1) is 21.8. The monoisotopic (exact) mass is 429 g/mol. The van der Waals surface area contributed by atoms with Crippen molar-refractivity contribution in [1.82, 2.24) is 20.1 Å². The standard InChI is InChI=1S/C20H24FN7O3/c1-4-15(26-20(30)31)10(2)24-19-14(21)8-13(17(22)29)18(27-19)25-12-6-5-11-9-23-28(3)16(11)7-12/h5-10,15,26H,4H2,1-3H3,(H2,22,29)(H,30,31)(H2,24,25,27)/t10-,15+/m1/s1. The number of amides is 2. The molecule has 10 nitrogen and oxygen atoms in total. The first-order chi connectivity index (χ1) is 14.7. The lowest BCUT2D eigenvalue weighted by Crippen LogP contribution is -2.44. The van der Waals surface area contributed by atoms with Crippen LogP contribution in [0.3, 0.4) is 0 Å². The van der Waals surface area contributed by atoms with Crippen molar-refractivity contribution in [1.29, 1.82) is 0 Å². The Morgan fingerprint density at radius 3 is 2.68 bits per heavy atom. The van der Waals surface area contributed by atoms with Crippen LogP contribution in [0, 0.1) is 5.82 Å². The Balaban J connectivity index is 1.93. The van der Waals surface area contributed by atoms with E-state index in [1.165, 1.54) is 0 Å². The van der Waals surface area contributed by atoms with E-state index < -0.39 is 29.9 Å². The number of hydrogen-bond donors (Lipinski definition) is 5. The second-order valence-corrected chi connectivity index (χ2v) is 7.14. The van der Waals surface area contributed by atoms with Gasteiger partial charge in [0.2, 0.25) is 0 Å². The van der Waals surface area contributed by atoms with Crippen LogP contribution in [0.4, 0.5) is 26.5 Å². The molecule has 3 aromatic rings. The molecule has 0 saturated heterocycles. The SMILES string of the molecule is CC[C@H](NC(=O)O)[C@@H](C)Nc1nc(Nc2ccc3cnn(C)c3c2)c(C(N)=O)cc1F. The fraction of sp³-hybridized carbons (Fsp3) is 0.300. The topological polar surface area (TPSA) is 147 Å². The number of carbonyl (C=O) groups is 2. The van der Waals surface area contributed by atoms with Crippen molar-refractivity contribution in [2.24, 2.45) is 12.8 Å². The Morgan fingerprint density at radius 1 is 1.29 bits per heavy atom. The molecule has 0 unspecified atom stereocenters. The number of nitrogens with zero attached hydrogens (tertiary/aromatic N) is 3. The fourth-order valence-corrected chi connectivity index (χ4v) is 3.29. The third-order valence-corrected chi connectivity index (χ3v) is 4.97. The number of nitrogens with two attached hydrogens (primary N) is 1. The molecule has 11 heteroatoms. The highest BCUT2D eigenvalue weighted by molar-refractivity contribution is 5.99. The molecule has 0 radical (unpaired) electrons. The largest absolute Gasteiger partial charge is 0.465 e. The van der Waals surface area contributed by atoms with Crippen molar-refractivity contribution < 1.29 is 19.1 Å². The van der Waals surface area contributed by atoms with Gasteiger partial charge in [0.25, 0.3) is 5.91 Å². The average molecular weight is 429 g/mol. The number of primary amides is 1. The van der Waals surface area contributed by atoms with Crippen LogP contribution in [-0.2, 0) is 7.05 Å². The molecule has 2 aromatic heterocycles. The normalized spacial score (nSPS) is 12.9. The number of halogens is 1. The van der Waals surface area contributed by atoms with Gasteiger partial charge < -0.3 is 26.8 Å². The number of anilines is 3. The lowest BCUT2D eigenvalue weighted by Gasteiger charge is -2.24. The molecular weight excluding hydrogens is 405 g/mol. The van der Waals surface area contributed by atoms with Crippen LogP contribution in [0.2, 0.25) is 0 Å². The summed E-state index contributed by atoms with van der Waals surface area (Å²) in [5.74, 6) is -1.68. The lowest BCUT2D eigenvalue weighted by atomic mass is 10.1. The number of rotatable bonds is 8. The van der Waals surface area contributed by atoms with Gasteiger partial charge >= 0.3 is 6.09 Å². The van der Waals surface area contributed by atoms with Gasteiger partial charge in [-0.05, 0) is 37.6 Å². The molecule has 0 bridgehead atoms. The van der Waals surface area contributed by atoms with Crippen molar-refractivity contribution in [2.45, 2.75) is 32.4 Å². The van der Waals surface area contributed by atoms with Crippen molar-refractivity contribution in [3.63, 3.8) is 0 Å². The van der Waals surface area contributed by atoms with Crippen molar-refractivity contribution >= 4 is 40.2 Å². The Labute approximate surface area is 177 Å². The molecule has 31 heavy (non-hydrogen) atoms. The number of pyridine rings is 1. The number of nitrogens with one attached hydrogen (secondary N) is 3. The summed E-state index contributed by atoms with van der Waals surface area (Å²) in [5, 5.41) is 22.4. The van der Waals surface area contributed by atoms with Crippen LogP contribution in [0.25, 0.3) is 10.9 Å². The molecule has 0 fully saturated rings. The molecule has 164 valence electrons. The number of fused-ring (bicyclic) bond motifs is 1. The molecule has 0 aliphatic rings. The van der Waals surface area contributed by atoms with Crippen LogP contribution in [0.5, 0.6) is 0 Å². The van der Waals surface area contributed by atoms with E-state index in [1.54, 1.807) is 37.8 Å². The van der Waals surface area contributed by atoms with Gasteiger partial charge in [-0.25, -0.2) is 14.2 Å². The molecule has 2 heterocycles. The van der Waals surface area contributed by atoms with Crippen LogP contribution in [0.1, 0.15) is 30.6 Å². The number of benzene rings is 1. The minimum absolute atomic E-state index is 0.0735. The number of hydrogen-bond acceptors (Lipinski definition) is 6. The third-order valence-electron chi connectivity index (χ3n) is 4.97. The Kier molecular flexibility index (Phi) is 6.23. The van der Waals surface area contributed by atoms with Crippen molar-refractivity contribution in [3.05, 3.63) is 41.8 Å². The zero-order valence-corrected chi connectivity index (χ0v) is 17.3. The van der Waals surface area contributed by atoms with Gasteiger partial charge in [-0.2, -0.15) is 5.10 Å². The van der Waals surface area contributed by atoms with Gasteiger partial charge in [-0.15, -0.1) is 0 Å². The van der Waals surface area contributed by atoms with E-state index in [4.69, 9.17) is 10.8 Å². The van der Waals surface area contributed by atoms with Crippen LogP contribution in [0.15, 0.2) is 30.5 Å². The zero-order valence-electron chi connectivity index (χ0n) is 17.3. The molecule has 2 atom stereocenters. The smallest absolute Gasteiger partial charge is 0.404 e. The Bertz CT molecular complexity index is 1130. The fourth-order valence-electron chi connectivity index (χ4n) is 3.29. The quantitative estimate of drug-likeness (QED) is 0.370. The zero-order chi connectivity index (χ0) is 22.7. The summed E-state index contributed by atoms with van der Waals surface area (Å²) in [6.45, 7) is 3.51. The van der Waals surface area contributed by atoms with E-state index in [2.05, 4.69) is 26.0 Å². The van der Waals surface area contributed by atoms with Gasteiger partial charge in [0.05, 0.1) is 23.3 Å². The molecule has 3 rings (SSSR count). The van der Waals surface area contributed by atoms with Crippen LogP contribution >= 0.6 is 0 Å². The van der Waals surface area contributed by atoms with Gasteiger partial charge in [0.15, 0.2) is 11.6 Å². The minimum atomic E-state index is -1.18. The van der Waals surface area contributed by atoms with E-state index in [-0.39, 0.29) is 17.2 Å². The molecule has 2 amide bonds. The van der Waals surface area contributed by atoms with E-state index in [1.807, 2.05) is 12.1 Å². The van der Waals surface area contributed by atoms with Gasteiger partial charge in [-0.1, -0.05) is 6.92 Å². The maximum Gasteiger partial charge on any atom is 0.404 e. The van der Waals surface area contributed by atoms with E-state index in [0.717, 1.165) is 17.0 Å². The molecule has 0 aliphatic carbocycles. The lowest BCUT2D eigenvalue weighted by molar-refractivity contribution is 0.100. The summed E-state index contributed by atoms with van der Waals surface area (Å²) in [5.41, 5.74) is 6.76. The highest BCUT2D eigenvalue weighted by atomic mass is 19.1. The summed E-state index contributed by atoms with van der Waals surface area (Å²) < 4.78 is 16.3. The van der Waals surface area contributed by atoms with Crippen LogP contribution in [-0.4, -0.2) is 44.0 Å². The molecule has 0 saturated carbocycles. The summed E-state index contributed by atoms with van der Waals surface area (Å²) in [6.07, 6.45) is 1.03. The first-order valence-corrected chi connectivity index (χ1v) is 9.64. The summed E-state index contributed by atoms with van der Waals surface area (Å²) in [4.78, 5) is 27.1. The van der Waals surface area contributed by atoms with Gasteiger partial charge in [-0.3, -0.25) is 9.48 Å². The van der Waals surface area contributed by atoms with E-state index >= 15 is 0 Å². The molecular formula is C20H24FN7O3. The van der Waals surface area contributed by atoms with E-state index in [9.17, 15) is 14.0 Å². The summed E-state index contributed by atoms with van der Waals surface area (Å²) in [6, 6.07) is 5.50. The highest BCUT2D eigenvalue weighted by Crippen LogP contribution is 2.26. The van der Waals surface area contributed by atoms with E-state index in [0.29, 0.717) is 12.1 Å². The predicted octanol–water partition coefficient (Wildman–Crippen LogP) is 2.80. The Morgan fingerprint density at radius 2 is 2.03 bits per heavy atom. The summed E-state index contributed by atoms with van der Waals surface area (Å²) in [7, 11) is 1.80. The maximum absolute atomic E-state index is 14.6. The van der Waals surface area contributed by atoms with Crippen molar-refractivity contribution in [3.8, 4) is 0 Å². The van der Waals surface area contributed by atoms with Gasteiger partial charge in [0, 0.05) is 24.2 Å². The molecule has 0 aliphatic heterocycles. The number of aromatic nitrogens is 3.